The van der Waals surface area contributed by atoms with E-state index in [2.05, 4.69) is 0 Å². The molecule has 1 nitrogen and oxygen atoms in total. The van der Waals surface area contributed by atoms with Crippen molar-refractivity contribution in [1.29, 1.82) is 0 Å². The van der Waals surface area contributed by atoms with Crippen LogP contribution in [-0.4, -0.2) is 24.1 Å². The largest absolute Gasteiger partial charge is 0.381 e. The fourth-order valence-corrected chi connectivity index (χ4v) is 1.74. The molecule has 1 aliphatic carbocycles. The molecule has 0 heterocycles. The molecule has 0 unspecified atom stereocenters. The van der Waals surface area contributed by atoms with Gasteiger partial charge in [-0.15, -0.1) is 0 Å². The van der Waals surface area contributed by atoms with Crippen molar-refractivity contribution in [2.45, 2.75) is 17.8 Å². The van der Waals surface area contributed by atoms with Crippen LogP contribution in [0.1, 0.15) is 0 Å². The summed E-state index contributed by atoms with van der Waals surface area (Å²) in [6.07, 6.45) is -0.670. The standard InChI is InChI=1S/C6HF6IO/c7-4(8)2(1-14)3(13)5(9,10)6(4,11)12/h1H. The summed E-state index contributed by atoms with van der Waals surface area (Å²) < 4.78 is 73.8. The fourth-order valence-electron chi connectivity index (χ4n) is 0.937. The number of rotatable bonds is 1. The Labute approximate surface area is 87.3 Å². The molecule has 0 aromatic heterocycles. The number of carbonyl (C=O) groups excluding carboxylic acids is 1. The molecule has 0 spiro atoms. The maximum Gasteiger partial charge on any atom is 0.381 e. The van der Waals surface area contributed by atoms with Gasteiger partial charge in [0.2, 0.25) is 0 Å². The minimum atomic E-state index is -5.55. The summed E-state index contributed by atoms with van der Waals surface area (Å²) in [5.41, 5.74) is -1.85. The van der Waals surface area contributed by atoms with Crippen LogP contribution in [0.4, 0.5) is 26.3 Å². The Kier molecular flexibility index (Phi) is 2.41. The van der Waals surface area contributed by atoms with E-state index in [1.165, 1.54) is 0 Å². The lowest BCUT2D eigenvalue weighted by Gasteiger charge is -2.24. The normalized spacial score (nSPS) is 27.9. The van der Waals surface area contributed by atoms with Crippen LogP contribution < -0.4 is 0 Å². The van der Waals surface area contributed by atoms with E-state index >= 15 is 0 Å². The number of halogens is 7. The molecule has 0 aromatic carbocycles. The first-order valence-corrected chi connectivity index (χ1v) is 4.18. The van der Waals surface area contributed by atoms with Gasteiger partial charge in [0.25, 0.3) is 0 Å². The highest BCUT2D eigenvalue weighted by Crippen LogP contribution is 2.60. The van der Waals surface area contributed by atoms with Crippen molar-refractivity contribution in [2.75, 3.05) is 0 Å². The van der Waals surface area contributed by atoms with Gasteiger partial charge >= 0.3 is 17.8 Å². The molecule has 0 bridgehead atoms. The third kappa shape index (κ3) is 1.06. The Morgan fingerprint density at radius 2 is 1.43 bits per heavy atom. The van der Waals surface area contributed by atoms with Gasteiger partial charge < -0.3 is 0 Å². The summed E-state index contributed by atoms with van der Waals surface area (Å²) in [5, 5.41) is 0. The van der Waals surface area contributed by atoms with E-state index < -0.39 is 33.2 Å². The van der Waals surface area contributed by atoms with Crippen molar-refractivity contribution >= 4 is 28.9 Å². The molecule has 8 heteroatoms. The van der Waals surface area contributed by atoms with E-state index in [4.69, 9.17) is 0 Å². The van der Waals surface area contributed by atoms with Crippen molar-refractivity contribution in [1.82, 2.24) is 0 Å². The zero-order valence-corrected chi connectivity index (χ0v) is 8.29. The lowest BCUT2D eigenvalue weighted by Crippen LogP contribution is -2.49. The summed E-state index contributed by atoms with van der Waals surface area (Å²) in [4.78, 5) is 10.00. The van der Waals surface area contributed by atoms with E-state index in [0.717, 1.165) is 0 Å². The third-order valence-corrected chi connectivity index (χ3v) is 3.02. The van der Waals surface area contributed by atoms with Crippen LogP contribution in [0.15, 0.2) is 9.15 Å². The topological polar surface area (TPSA) is 17.1 Å². The van der Waals surface area contributed by atoms with Gasteiger partial charge in [-0.05, 0) is 22.6 Å². The van der Waals surface area contributed by atoms with Crippen molar-refractivity contribution < 1.29 is 31.1 Å². The van der Waals surface area contributed by atoms with Crippen LogP contribution >= 0.6 is 22.6 Å². The molecule has 0 amide bonds. The van der Waals surface area contributed by atoms with E-state index in [9.17, 15) is 31.1 Å². The Hall–Kier alpha value is -0.280. The monoisotopic (exact) mass is 330 g/mol. The summed E-state index contributed by atoms with van der Waals surface area (Å²) in [6, 6.07) is 0. The van der Waals surface area contributed by atoms with Crippen LogP contribution in [-0.2, 0) is 4.79 Å². The average molecular weight is 330 g/mol. The van der Waals surface area contributed by atoms with Gasteiger partial charge in [-0.3, -0.25) is 4.79 Å². The quantitative estimate of drug-likeness (QED) is 0.411. The van der Waals surface area contributed by atoms with Crippen molar-refractivity contribution in [3.63, 3.8) is 0 Å². The van der Waals surface area contributed by atoms with Gasteiger partial charge in [0, 0.05) is 0 Å². The summed E-state index contributed by atoms with van der Waals surface area (Å²) >= 11 is 0.626. The molecular weight excluding hydrogens is 329 g/mol. The zero-order valence-electron chi connectivity index (χ0n) is 6.13. The summed E-state index contributed by atoms with van der Waals surface area (Å²) in [7, 11) is 0. The minimum absolute atomic E-state index is 0.626. The summed E-state index contributed by atoms with van der Waals surface area (Å²) in [5.74, 6) is -15.7. The number of carbonyl (C=O) groups is 1. The molecular formula is C6HF6IO. The highest BCUT2D eigenvalue weighted by Gasteiger charge is 2.79. The van der Waals surface area contributed by atoms with Crippen LogP contribution in [0.5, 0.6) is 0 Å². The average Bonchev–Trinajstić information content (AvgIpc) is 2.10. The molecule has 0 radical (unpaired) electrons. The molecule has 0 aliphatic heterocycles. The first-order valence-electron chi connectivity index (χ1n) is 3.10. The van der Waals surface area contributed by atoms with Gasteiger partial charge in [0.15, 0.2) is 6.29 Å². The van der Waals surface area contributed by atoms with Gasteiger partial charge in [-0.2, -0.15) is 26.3 Å². The lowest BCUT2D eigenvalue weighted by atomic mass is 10.1. The minimum Gasteiger partial charge on any atom is -0.298 e. The number of alkyl halides is 6. The fraction of sp³-hybridized carbons (Fsp3) is 0.500. The van der Waals surface area contributed by atoms with Crippen LogP contribution in [0.3, 0.4) is 0 Å². The Morgan fingerprint density at radius 1 is 1.00 bits per heavy atom. The zero-order chi connectivity index (χ0) is 11.4. The maximum absolute atomic E-state index is 12.6. The van der Waals surface area contributed by atoms with E-state index in [1.807, 2.05) is 0 Å². The Morgan fingerprint density at radius 3 is 1.57 bits per heavy atom. The molecule has 0 N–H and O–H groups in total. The molecule has 0 fully saturated rings. The molecule has 0 saturated carbocycles. The second-order valence-corrected chi connectivity index (χ2v) is 3.65. The highest BCUT2D eigenvalue weighted by molar-refractivity contribution is 14.1. The molecule has 80 valence electrons. The second kappa shape index (κ2) is 2.86. The maximum atomic E-state index is 12.6. The van der Waals surface area contributed by atoms with Crippen molar-refractivity contribution in [2.24, 2.45) is 0 Å². The first kappa shape index (κ1) is 11.8. The molecule has 1 aliphatic rings. The number of allylic oxidation sites excluding steroid dienone is 2. The van der Waals surface area contributed by atoms with Crippen LogP contribution in [0.2, 0.25) is 0 Å². The lowest BCUT2D eigenvalue weighted by molar-refractivity contribution is -0.262. The molecule has 0 saturated heterocycles. The van der Waals surface area contributed by atoms with Gasteiger partial charge in [-0.1, -0.05) is 0 Å². The number of aldehydes is 1. The van der Waals surface area contributed by atoms with Gasteiger partial charge in [0.1, 0.15) is 0 Å². The molecule has 0 aromatic rings. The van der Waals surface area contributed by atoms with Gasteiger partial charge in [0.05, 0.1) is 9.15 Å². The smallest absolute Gasteiger partial charge is 0.298 e. The SMILES string of the molecule is O=CC1=C(I)C(F)(F)C(F)(F)C1(F)F. The third-order valence-electron chi connectivity index (χ3n) is 1.76. The first-order chi connectivity index (χ1) is 6.10. The van der Waals surface area contributed by atoms with E-state index in [0.29, 0.717) is 22.6 Å². The predicted molar refractivity (Wildman–Crippen MR) is 42.0 cm³/mol. The second-order valence-electron chi connectivity index (χ2n) is 2.57. The van der Waals surface area contributed by atoms with Crippen molar-refractivity contribution in [3.8, 4) is 0 Å². The Balaban J connectivity index is 3.47. The summed E-state index contributed by atoms with van der Waals surface area (Å²) in [6.45, 7) is 0. The molecule has 14 heavy (non-hydrogen) atoms. The number of hydrogen-bond donors (Lipinski definition) is 0. The van der Waals surface area contributed by atoms with Crippen molar-refractivity contribution in [3.05, 3.63) is 9.15 Å². The van der Waals surface area contributed by atoms with E-state index in [-0.39, 0.29) is 0 Å². The van der Waals surface area contributed by atoms with E-state index in [1.54, 1.807) is 0 Å². The number of hydrogen-bond acceptors (Lipinski definition) is 1. The predicted octanol–water partition coefficient (Wildman–Crippen LogP) is 2.79. The molecule has 0 atom stereocenters. The van der Waals surface area contributed by atoms with Gasteiger partial charge in [-0.25, -0.2) is 0 Å². The molecule has 1 rings (SSSR count). The highest BCUT2D eigenvalue weighted by atomic mass is 127. The van der Waals surface area contributed by atoms with Crippen LogP contribution in [0.25, 0.3) is 0 Å². The Bertz CT molecular complexity index is 320. The van der Waals surface area contributed by atoms with Crippen LogP contribution in [0, 0.1) is 0 Å².